The molecule has 8 nitrogen and oxygen atoms in total. The molecule has 0 saturated heterocycles. The first-order valence-electron chi connectivity index (χ1n) is 6.55. The van der Waals surface area contributed by atoms with E-state index in [-0.39, 0.29) is 37.6 Å². The van der Waals surface area contributed by atoms with Crippen LogP contribution in [-0.2, 0) is 23.2 Å². The molecule has 0 aromatic carbocycles. The van der Waals surface area contributed by atoms with Gasteiger partial charge in [0.2, 0.25) is 5.91 Å². The number of carbonyl (C=O) groups excluding carboxylic acids is 1. The molecule has 1 atom stereocenters. The Kier molecular flexibility index (Phi) is 10.7. The first-order valence-corrected chi connectivity index (χ1v) is 9.43. The molecule has 0 aromatic rings. The highest BCUT2D eigenvalue weighted by atomic mass is 32.2. The summed E-state index contributed by atoms with van der Waals surface area (Å²) in [5, 5.41) is 11.1. The van der Waals surface area contributed by atoms with Crippen molar-refractivity contribution in [3.8, 4) is 0 Å². The molecule has 0 rings (SSSR count). The van der Waals surface area contributed by atoms with Gasteiger partial charge in [0.1, 0.15) is 12.3 Å². The average molecular weight is 342 g/mol. The lowest BCUT2D eigenvalue weighted by atomic mass is 10.2. The molecule has 0 heterocycles. The van der Waals surface area contributed by atoms with Crippen molar-refractivity contribution in [1.82, 2.24) is 5.32 Å². The van der Waals surface area contributed by atoms with Crippen LogP contribution in [0.1, 0.15) is 20.3 Å². The molecule has 10 heteroatoms. The molecule has 21 heavy (non-hydrogen) atoms. The Hall–Kier alpha value is -0.600. The Balaban J connectivity index is 3.93. The Morgan fingerprint density at radius 1 is 1.33 bits per heavy atom. The third-order valence-corrected chi connectivity index (χ3v) is 5.08. The van der Waals surface area contributed by atoms with Gasteiger partial charge in [-0.2, -0.15) is 11.8 Å². The van der Waals surface area contributed by atoms with Crippen molar-refractivity contribution >= 4 is 31.2 Å². The van der Waals surface area contributed by atoms with Gasteiger partial charge in [-0.1, -0.05) is 0 Å². The van der Waals surface area contributed by atoms with Gasteiger partial charge in [-0.05, 0) is 26.0 Å². The number of thioether (sulfide) groups is 1. The lowest BCUT2D eigenvalue weighted by Crippen LogP contribution is -2.31. The largest absolute Gasteiger partial charge is 0.480 e. The second-order valence-corrected chi connectivity index (χ2v) is 7.15. The van der Waals surface area contributed by atoms with E-state index in [0.717, 1.165) is 0 Å². The van der Waals surface area contributed by atoms with Gasteiger partial charge in [0.25, 0.3) is 0 Å². The summed E-state index contributed by atoms with van der Waals surface area (Å²) in [5.41, 5.74) is 5.33. The SMILES string of the molecule is CCOP(=O)(CNC(=O)CSCCC(N)C(=O)O)OCC. The van der Waals surface area contributed by atoms with Crippen LogP contribution in [-0.4, -0.2) is 54.0 Å². The van der Waals surface area contributed by atoms with Gasteiger partial charge in [-0.15, -0.1) is 0 Å². The van der Waals surface area contributed by atoms with E-state index in [0.29, 0.717) is 5.75 Å². The first kappa shape index (κ1) is 20.4. The number of carboxylic acid groups (broad SMARTS) is 1. The molecule has 0 aromatic heterocycles. The van der Waals surface area contributed by atoms with Crippen LogP contribution >= 0.6 is 19.4 Å². The molecule has 0 fully saturated rings. The van der Waals surface area contributed by atoms with Crippen LogP contribution in [0.15, 0.2) is 0 Å². The van der Waals surface area contributed by atoms with Gasteiger partial charge in [0, 0.05) is 0 Å². The van der Waals surface area contributed by atoms with Crippen LogP contribution in [0.2, 0.25) is 0 Å². The smallest absolute Gasteiger partial charge is 0.349 e. The van der Waals surface area contributed by atoms with Crippen molar-refractivity contribution < 1.29 is 28.3 Å². The standard InChI is InChI=1S/C11H23N2O6PS/c1-3-18-20(17,19-4-2)8-13-10(14)7-21-6-5-9(12)11(15)16/h9H,3-8,12H2,1-2H3,(H,13,14)(H,15,16). The molecule has 0 aliphatic heterocycles. The number of carbonyl (C=O) groups is 2. The summed E-state index contributed by atoms with van der Waals surface area (Å²) < 4.78 is 22.1. The van der Waals surface area contributed by atoms with E-state index in [1.807, 2.05) is 0 Å². The van der Waals surface area contributed by atoms with E-state index in [1.54, 1.807) is 13.8 Å². The quantitative estimate of drug-likeness (QED) is 0.352. The average Bonchev–Trinajstić information content (AvgIpc) is 2.41. The van der Waals surface area contributed by atoms with Gasteiger partial charge in [-0.3, -0.25) is 14.2 Å². The minimum atomic E-state index is -3.28. The highest BCUT2D eigenvalue weighted by Crippen LogP contribution is 2.46. The Morgan fingerprint density at radius 2 is 1.90 bits per heavy atom. The summed E-state index contributed by atoms with van der Waals surface area (Å²) in [5.74, 6) is -0.794. The zero-order valence-corrected chi connectivity index (χ0v) is 14.0. The Morgan fingerprint density at radius 3 is 2.38 bits per heavy atom. The monoisotopic (exact) mass is 342 g/mol. The maximum Gasteiger partial charge on any atom is 0.349 e. The molecular weight excluding hydrogens is 319 g/mol. The number of nitrogens with two attached hydrogens (primary N) is 1. The lowest BCUT2D eigenvalue weighted by molar-refractivity contribution is -0.138. The number of carboxylic acids is 1. The van der Waals surface area contributed by atoms with Crippen molar-refractivity contribution in [2.75, 3.05) is 31.0 Å². The molecule has 124 valence electrons. The van der Waals surface area contributed by atoms with Crippen molar-refractivity contribution in [2.24, 2.45) is 5.73 Å². The van der Waals surface area contributed by atoms with E-state index in [1.165, 1.54) is 11.8 Å². The van der Waals surface area contributed by atoms with E-state index in [4.69, 9.17) is 19.9 Å². The van der Waals surface area contributed by atoms with E-state index >= 15 is 0 Å². The van der Waals surface area contributed by atoms with Gasteiger partial charge in [-0.25, -0.2) is 0 Å². The number of nitrogens with one attached hydrogen (secondary N) is 1. The zero-order chi connectivity index (χ0) is 16.3. The Labute approximate surface area is 128 Å². The molecule has 1 amide bonds. The minimum absolute atomic E-state index is 0.130. The van der Waals surface area contributed by atoms with Crippen molar-refractivity contribution in [2.45, 2.75) is 26.3 Å². The summed E-state index contributed by atoms with van der Waals surface area (Å²) in [7, 11) is -3.28. The summed E-state index contributed by atoms with van der Waals surface area (Å²) in [6.45, 7) is 3.84. The second kappa shape index (κ2) is 11.0. The number of aliphatic carboxylic acids is 1. The van der Waals surface area contributed by atoms with Gasteiger partial charge in [0.05, 0.1) is 19.0 Å². The molecule has 0 saturated carbocycles. The molecule has 0 aliphatic carbocycles. The number of hydrogen-bond donors (Lipinski definition) is 3. The minimum Gasteiger partial charge on any atom is -0.480 e. The lowest BCUT2D eigenvalue weighted by Gasteiger charge is -2.17. The highest BCUT2D eigenvalue weighted by molar-refractivity contribution is 7.99. The fourth-order valence-electron chi connectivity index (χ4n) is 1.26. The molecular formula is C11H23N2O6PS. The van der Waals surface area contributed by atoms with Crippen LogP contribution in [0.5, 0.6) is 0 Å². The highest BCUT2D eigenvalue weighted by Gasteiger charge is 2.24. The van der Waals surface area contributed by atoms with Gasteiger partial charge in [0.15, 0.2) is 0 Å². The van der Waals surface area contributed by atoms with Gasteiger partial charge >= 0.3 is 13.6 Å². The first-order chi connectivity index (χ1) is 9.84. The number of hydrogen-bond acceptors (Lipinski definition) is 7. The topological polar surface area (TPSA) is 128 Å². The third-order valence-electron chi connectivity index (χ3n) is 2.25. The van der Waals surface area contributed by atoms with Crippen LogP contribution in [0.4, 0.5) is 0 Å². The summed E-state index contributed by atoms with van der Waals surface area (Å²) >= 11 is 1.26. The van der Waals surface area contributed by atoms with E-state index in [2.05, 4.69) is 5.32 Å². The molecule has 0 aliphatic rings. The maximum absolute atomic E-state index is 12.1. The molecule has 0 bridgehead atoms. The Bertz CT molecular complexity index is 372. The predicted molar refractivity (Wildman–Crippen MR) is 81.4 cm³/mol. The number of rotatable bonds is 12. The molecule has 1 unspecified atom stereocenters. The van der Waals surface area contributed by atoms with Crippen molar-refractivity contribution in [3.05, 3.63) is 0 Å². The zero-order valence-electron chi connectivity index (χ0n) is 12.2. The summed E-state index contributed by atoms with van der Waals surface area (Å²) in [6.07, 6.45) is 0.104. The van der Waals surface area contributed by atoms with Crippen LogP contribution in [0, 0.1) is 0 Å². The fraction of sp³-hybridized carbons (Fsp3) is 0.818. The summed E-state index contributed by atoms with van der Waals surface area (Å²) in [6, 6.07) is -0.920. The molecule has 4 N–H and O–H groups in total. The van der Waals surface area contributed by atoms with E-state index in [9.17, 15) is 14.2 Å². The predicted octanol–water partition coefficient (Wildman–Crippen LogP) is 0.861. The number of amides is 1. The fourth-order valence-corrected chi connectivity index (χ4v) is 3.52. The molecule has 0 spiro atoms. The van der Waals surface area contributed by atoms with Crippen LogP contribution in [0.3, 0.4) is 0 Å². The normalized spacial score (nSPS) is 12.9. The van der Waals surface area contributed by atoms with Crippen molar-refractivity contribution in [3.63, 3.8) is 0 Å². The third kappa shape index (κ3) is 9.87. The van der Waals surface area contributed by atoms with Crippen LogP contribution in [0.25, 0.3) is 0 Å². The summed E-state index contributed by atoms with van der Waals surface area (Å²) in [4.78, 5) is 22.1. The van der Waals surface area contributed by atoms with Crippen LogP contribution < -0.4 is 11.1 Å². The van der Waals surface area contributed by atoms with Gasteiger partial charge < -0.3 is 25.2 Å². The maximum atomic E-state index is 12.1. The molecule has 0 radical (unpaired) electrons. The van der Waals surface area contributed by atoms with E-state index < -0.39 is 19.6 Å². The second-order valence-electron chi connectivity index (χ2n) is 3.99. The van der Waals surface area contributed by atoms with Crippen molar-refractivity contribution in [1.29, 1.82) is 0 Å².